The number of hydrogen-bond donors (Lipinski definition) is 1. The highest BCUT2D eigenvalue weighted by molar-refractivity contribution is 6.42. The van der Waals surface area contributed by atoms with Gasteiger partial charge in [0.2, 0.25) is 0 Å². The summed E-state index contributed by atoms with van der Waals surface area (Å²) < 4.78 is 0. The maximum absolute atomic E-state index is 12.4. The first kappa shape index (κ1) is 19.3. The number of aryl methyl sites for hydroxylation is 1. The van der Waals surface area contributed by atoms with Gasteiger partial charge in [-0.1, -0.05) is 29.3 Å². The third-order valence-electron chi connectivity index (χ3n) is 4.52. The van der Waals surface area contributed by atoms with Crippen molar-refractivity contribution in [2.45, 2.75) is 19.8 Å². The molecule has 0 unspecified atom stereocenters. The van der Waals surface area contributed by atoms with Crippen LogP contribution < -0.4 is 10.2 Å². The third kappa shape index (κ3) is 4.63. The van der Waals surface area contributed by atoms with E-state index in [0.717, 1.165) is 24.2 Å². The van der Waals surface area contributed by atoms with Crippen LogP contribution in [0, 0.1) is 18.3 Å². The molecule has 0 radical (unpaired) electrons. The summed E-state index contributed by atoms with van der Waals surface area (Å²) in [6.07, 6.45) is 4.02. The lowest BCUT2D eigenvalue weighted by atomic mass is 10.1. The highest BCUT2D eigenvalue weighted by Crippen LogP contribution is 2.27. The number of halogens is 2. The van der Waals surface area contributed by atoms with E-state index in [9.17, 15) is 10.1 Å². The van der Waals surface area contributed by atoms with Crippen molar-refractivity contribution in [3.8, 4) is 6.07 Å². The fraction of sp³-hybridized carbons (Fsp3) is 0.238. The van der Waals surface area contributed by atoms with Crippen LogP contribution in [0.1, 0.15) is 24.0 Å². The average molecular weight is 400 g/mol. The number of anilines is 2. The zero-order valence-electron chi connectivity index (χ0n) is 14.9. The van der Waals surface area contributed by atoms with Crippen molar-refractivity contribution in [1.29, 1.82) is 5.26 Å². The summed E-state index contributed by atoms with van der Waals surface area (Å²) in [6.45, 7) is 4.20. The molecule has 0 bridgehead atoms. The predicted molar refractivity (Wildman–Crippen MR) is 111 cm³/mol. The number of amides is 1. The Labute approximate surface area is 169 Å². The lowest BCUT2D eigenvalue weighted by Crippen LogP contribution is -2.18. The topological polar surface area (TPSA) is 56.1 Å². The Balaban J connectivity index is 1.78. The number of nitriles is 1. The van der Waals surface area contributed by atoms with Crippen molar-refractivity contribution in [3.63, 3.8) is 0 Å². The number of hydrogen-bond acceptors (Lipinski definition) is 3. The summed E-state index contributed by atoms with van der Waals surface area (Å²) in [5.74, 6) is -0.489. The maximum Gasteiger partial charge on any atom is 0.266 e. The minimum atomic E-state index is -0.489. The van der Waals surface area contributed by atoms with Gasteiger partial charge in [-0.05, 0) is 67.3 Å². The average Bonchev–Trinajstić information content (AvgIpc) is 3.17. The lowest BCUT2D eigenvalue weighted by Gasteiger charge is -2.20. The first-order valence-corrected chi connectivity index (χ1v) is 9.47. The standard InChI is InChI=1S/C21H19Cl2N3O/c1-14-10-15(4-7-20(14)26-8-2-3-9-26)11-16(13-24)21(27)25-17-5-6-18(22)19(23)12-17/h4-7,10-12H,2-3,8-9H2,1H3,(H,25,27)/b16-11-. The molecule has 0 atom stereocenters. The van der Waals surface area contributed by atoms with Gasteiger partial charge >= 0.3 is 0 Å². The molecule has 138 valence electrons. The molecule has 1 aliphatic rings. The zero-order valence-corrected chi connectivity index (χ0v) is 16.4. The molecule has 0 saturated carbocycles. The second kappa shape index (κ2) is 8.47. The minimum Gasteiger partial charge on any atom is -0.371 e. The van der Waals surface area contributed by atoms with Gasteiger partial charge in [0.25, 0.3) is 5.91 Å². The van der Waals surface area contributed by atoms with Crippen molar-refractivity contribution in [3.05, 3.63) is 63.1 Å². The zero-order chi connectivity index (χ0) is 19.4. The molecule has 1 aliphatic heterocycles. The summed E-state index contributed by atoms with van der Waals surface area (Å²) in [5.41, 5.74) is 3.66. The summed E-state index contributed by atoms with van der Waals surface area (Å²) in [7, 11) is 0. The molecule has 1 fully saturated rings. The second-order valence-corrected chi connectivity index (χ2v) is 7.31. The van der Waals surface area contributed by atoms with Crippen molar-refractivity contribution in [2.24, 2.45) is 0 Å². The van der Waals surface area contributed by atoms with Gasteiger partial charge < -0.3 is 10.2 Å². The van der Waals surface area contributed by atoms with Gasteiger partial charge in [0.05, 0.1) is 10.0 Å². The van der Waals surface area contributed by atoms with Gasteiger partial charge in [0.15, 0.2) is 0 Å². The quantitative estimate of drug-likeness (QED) is 0.549. The van der Waals surface area contributed by atoms with Crippen molar-refractivity contribution in [2.75, 3.05) is 23.3 Å². The molecule has 4 nitrogen and oxygen atoms in total. The Morgan fingerprint density at radius 3 is 2.52 bits per heavy atom. The van der Waals surface area contributed by atoms with Crippen LogP contribution in [0.15, 0.2) is 42.0 Å². The van der Waals surface area contributed by atoms with Crippen molar-refractivity contribution >= 4 is 46.6 Å². The van der Waals surface area contributed by atoms with E-state index in [1.54, 1.807) is 24.3 Å². The van der Waals surface area contributed by atoms with Gasteiger partial charge in [-0.3, -0.25) is 4.79 Å². The van der Waals surface area contributed by atoms with Crippen LogP contribution >= 0.6 is 23.2 Å². The van der Waals surface area contributed by atoms with E-state index < -0.39 is 5.91 Å². The van der Waals surface area contributed by atoms with Crippen LogP contribution in [0.2, 0.25) is 10.0 Å². The second-order valence-electron chi connectivity index (χ2n) is 6.49. The molecule has 2 aromatic rings. The van der Waals surface area contributed by atoms with E-state index in [-0.39, 0.29) is 5.57 Å². The first-order chi connectivity index (χ1) is 13.0. The van der Waals surface area contributed by atoms with E-state index in [1.165, 1.54) is 18.5 Å². The molecule has 27 heavy (non-hydrogen) atoms. The van der Waals surface area contributed by atoms with Crippen LogP contribution in [-0.2, 0) is 4.79 Å². The molecule has 6 heteroatoms. The van der Waals surface area contributed by atoms with Crippen LogP contribution in [0.3, 0.4) is 0 Å². The minimum absolute atomic E-state index is 0.0226. The Morgan fingerprint density at radius 1 is 1.15 bits per heavy atom. The molecule has 0 aliphatic carbocycles. The molecule has 3 rings (SSSR count). The molecule has 1 amide bonds. The molecule has 1 heterocycles. The highest BCUT2D eigenvalue weighted by atomic mass is 35.5. The molecule has 2 aromatic carbocycles. The van der Waals surface area contributed by atoms with Crippen LogP contribution in [0.5, 0.6) is 0 Å². The van der Waals surface area contributed by atoms with E-state index in [2.05, 4.69) is 16.3 Å². The Kier molecular flexibility index (Phi) is 6.05. The van der Waals surface area contributed by atoms with E-state index in [1.807, 2.05) is 25.1 Å². The van der Waals surface area contributed by atoms with Crippen LogP contribution in [0.25, 0.3) is 6.08 Å². The fourth-order valence-electron chi connectivity index (χ4n) is 3.17. The first-order valence-electron chi connectivity index (χ1n) is 8.72. The fourth-order valence-corrected chi connectivity index (χ4v) is 3.47. The monoisotopic (exact) mass is 399 g/mol. The number of carbonyl (C=O) groups is 1. The summed E-state index contributed by atoms with van der Waals surface area (Å²) in [5, 5.41) is 12.8. The molecule has 0 spiro atoms. The van der Waals surface area contributed by atoms with Crippen LogP contribution in [0.4, 0.5) is 11.4 Å². The van der Waals surface area contributed by atoms with Gasteiger partial charge in [0.1, 0.15) is 11.6 Å². The number of rotatable bonds is 4. The number of nitrogens with one attached hydrogen (secondary N) is 1. The van der Waals surface area contributed by atoms with E-state index in [4.69, 9.17) is 23.2 Å². The lowest BCUT2D eigenvalue weighted by molar-refractivity contribution is -0.112. The SMILES string of the molecule is Cc1cc(/C=C(/C#N)C(=O)Nc2ccc(Cl)c(Cl)c2)ccc1N1CCCC1. The van der Waals surface area contributed by atoms with Gasteiger partial charge in [-0.15, -0.1) is 0 Å². The molecular weight excluding hydrogens is 381 g/mol. The molecule has 1 saturated heterocycles. The summed E-state index contributed by atoms with van der Waals surface area (Å²) in [4.78, 5) is 14.8. The van der Waals surface area contributed by atoms with E-state index >= 15 is 0 Å². The summed E-state index contributed by atoms with van der Waals surface area (Å²) >= 11 is 11.8. The smallest absolute Gasteiger partial charge is 0.266 e. The number of benzene rings is 2. The van der Waals surface area contributed by atoms with Gasteiger partial charge in [-0.25, -0.2) is 0 Å². The predicted octanol–water partition coefficient (Wildman–Crippen LogP) is 5.45. The van der Waals surface area contributed by atoms with Crippen molar-refractivity contribution < 1.29 is 4.79 Å². The normalized spacial score (nSPS) is 14.1. The van der Waals surface area contributed by atoms with Gasteiger partial charge in [-0.2, -0.15) is 5.26 Å². The van der Waals surface area contributed by atoms with Crippen molar-refractivity contribution in [1.82, 2.24) is 0 Å². The molecule has 0 aromatic heterocycles. The largest absolute Gasteiger partial charge is 0.371 e. The Hall–Kier alpha value is -2.48. The number of carbonyl (C=O) groups excluding carboxylic acids is 1. The molecular formula is C21H19Cl2N3O. The maximum atomic E-state index is 12.4. The van der Waals surface area contributed by atoms with Gasteiger partial charge in [0, 0.05) is 24.5 Å². The third-order valence-corrected chi connectivity index (χ3v) is 5.26. The van der Waals surface area contributed by atoms with Crippen LogP contribution in [-0.4, -0.2) is 19.0 Å². The number of nitrogens with zero attached hydrogens (tertiary/aromatic N) is 2. The highest BCUT2D eigenvalue weighted by Gasteiger charge is 2.15. The summed E-state index contributed by atoms with van der Waals surface area (Å²) in [6, 6.07) is 12.7. The van der Waals surface area contributed by atoms with E-state index in [0.29, 0.717) is 15.7 Å². The Morgan fingerprint density at radius 2 is 1.89 bits per heavy atom. The Bertz CT molecular complexity index is 941. The molecule has 1 N–H and O–H groups in total.